The number of carboxylic acids is 2. The quantitative estimate of drug-likeness (QED) is 0.379. The smallest absolute Gasteiger partial charge is 0.336 e. The average Bonchev–Trinajstić information content (AvgIpc) is 3.45. The number of aromatic carboxylic acids is 1. The molecule has 0 aromatic heterocycles. The molecule has 0 amide bonds. The molecule has 0 saturated carbocycles. The SMILES string of the molecule is Cc1ccc(S(=O)(=O)N2CCC[C@H]2C2=NCCC(Cc3ccc(-c4ccccc4C(=O)O)cc3)(C(=O)O)N2)cc1. The first-order chi connectivity index (χ1) is 19.1. The lowest BCUT2D eigenvalue weighted by atomic mass is 9.85. The van der Waals surface area contributed by atoms with Gasteiger partial charge in [-0.15, -0.1) is 0 Å². The summed E-state index contributed by atoms with van der Waals surface area (Å²) in [6.45, 7) is 2.48. The van der Waals surface area contributed by atoms with Crippen LogP contribution in [0.15, 0.2) is 82.7 Å². The maximum atomic E-state index is 13.5. The second-order valence-electron chi connectivity index (χ2n) is 10.3. The highest BCUT2D eigenvalue weighted by Gasteiger charge is 2.46. The third-order valence-electron chi connectivity index (χ3n) is 7.67. The number of nitrogens with one attached hydrogen (secondary N) is 1. The number of rotatable bonds is 8. The first-order valence-corrected chi connectivity index (χ1v) is 14.6. The maximum absolute atomic E-state index is 13.5. The van der Waals surface area contributed by atoms with E-state index >= 15 is 0 Å². The highest BCUT2D eigenvalue weighted by molar-refractivity contribution is 7.89. The molecule has 208 valence electrons. The summed E-state index contributed by atoms with van der Waals surface area (Å²) in [5.74, 6) is -1.67. The van der Waals surface area contributed by atoms with E-state index in [1.165, 1.54) is 4.31 Å². The van der Waals surface area contributed by atoms with Gasteiger partial charge in [0, 0.05) is 25.9 Å². The molecular weight excluding hydrogens is 530 g/mol. The second kappa shape index (κ2) is 10.9. The molecule has 40 heavy (non-hydrogen) atoms. The molecule has 1 saturated heterocycles. The molecule has 0 radical (unpaired) electrons. The van der Waals surface area contributed by atoms with Crippen LogP contribution in [-0.4, -0.2) is 65.4 Å². The minimum Gasteiger partial charge on any atom is -0.479 e. The minimum absolute atomic E-state index is 0.152. The summed E-state index contributed by atoms with van der Waals surface area (Å²) in [6, 6.07) is 20.0. The van der Waals surface area contributed by atoms with Crippen molar-refractivity contribution in [1.82, 2.24) is 9.62 Å². The lowest BCUT2D eigenvalue weighted by molar-refractivity contribution is -0.144. The molecule has 3 aromatic rings. The van der Waals surface area contributed by atoms with Gasteiger partial charge in [0.2, 0.25) is 10.0 Å². The summed E-state index contributed by atoms with van der Waals surface area (Å²) in [7, 11) is -3.79. The van der Waals surface area contributed by atoms with Crippen molar-refractivity contribution in [3.63, 3.8) is 0 Å². The Bertz CT molecular complexity index is 1570. The summed E-state index contributed by atoms with van der Waals surface area (Å²) < 4.78 is 28.4. The van der Waals surface area contributed by atoms with Crippen molar-refractivity contribution in [2.45, 2.75) is 49.1 Å². The van der Waals surface area contributed by atoms with Crippen LogP contribution < -0.4 is 5.32 Å². The standard InChI is InChI=1S/C30H31N3O6S/c1-20-8-14-23(15-9-20)40(38,39)33-18-4-7-26(33)27-31-17-16-30(32-27,29(36)37)19-21-10-12-22(13-11-21)24-5-2-3-6-25(24)28(34)35/h2-3,5-6,8-15,26H,4,7,16-19H2,1H3,(H,31,32)(H,34,35)(H,36,37)/t26-,30?/m0/s1. The van der Waals surface area contributed by atoms with Crippen LogP contribution in [0.3, 0.4) is 0 Å². The third kappa shape index (κ3) is 5.24. The highest BCUT2D eigenvalue weighted by Crippen LogP contribution is 2.31. The van der Waals surface area contributed by atoms with Gasteiger partial charge in [0.15, 0.2) is 0 Å². The van der Waals surface area contributed by atoms with E-state index in [2.05, 4.69) is 10.3 Å². The van der Waals surface area contributed by atoms with E-state index < -0.39 is 33.5 Å². The Hall–Kier alpha value is -4.02. The second-order valence-corrected chi connectivity index (χ2v) is 12.2. The van der Waals surface area contributed by atoms with E-state index in [1.807, 2.05) is 6.92 Å². The predicted molar refractivity (Wildman–Crippen MR) is 151 cm³/mol. The number of carboxylic acid groups (broad SMARTS) is 2. The van der Waals surface area contributed by atoms with Crippen LogP contribution in [0.2, 0.25) is 0 Å². The molecule has 3 N–H and O–H groups in total. The van der Waals surface area contributed by atoms with Crippen LogP contribution >= 0.6 is 0 Å². The van der Waals surface area contributed by atoms with E-state index in [1.54, 1.807) is 72.8 Å². The molecule has 2 heterocycles. The zero-order valence-electron chi connectivity index (χ0n) is 22.1. The van der Waals surface area contributed by atoms with Crippen molar-refractivity contribution in [2.24, 2.45) is 4.99 Å². The number of hydrogen-bond acceptors (Lipinski definition) is 6. The molecule has 0 aliphatic carbocycles. The Morgan fingerprint density at radius 1 is 1.02 bits per heavy atom. The van der Waals surface area contributed by atoms with E-state index in [0.717, 1.165) is 11.1 Å². The third-order valence-corrected chi connectivity index (χ3v) is 9.60. The number of hydrogen-bond donors (Lipinski definition) is 3. The Labute approximate surface area is 233 Å². The van der Waals surface area contributed by atoms with E-state index in [9.17, 15) is 28.2 Å². The summed E-state index contributed by atoms with van der Waals surface area (Å²) in [4.78, 5) is 29.1. The molecule has 2 aliphatic rings. The zero-order valence-corrected chi connectivity index (χ0v) is 22.9. The molecule has 1 fully saturated rings. The molecular formula is C30H31N3O6S. The van der Waals surface area contributed by atoms with E-state index in [-0.39, 0.29) is 29.8 Å². The Morgan fingerprint density at radius 3 is 2.40 bits per heavy atom. The number of sulfonamides is 1. The van der Waals surface area contributed by atoms with Crippen LogP contribution in [0, 0.1) is 6.92 Å². The fourth-order valence-corrected chi connectivity index (χ4v) is 7.15. The lowest BCUT2D eigenvalue weighted by Gasteiger charge is -2.38. The van der Waals surface area contributed by atoms with Gasteiger partial charge in [-0.2, -0.15) is 4.31 Å². The molecule has 0 spiro atoms. The minimum atomic E-state index is -3.79. The molecule has 10 heteroatoms. The van der Waals surface area contributed by atoms with Crippen LogP contribution in [0.25, 0.3) is 11.1 Å². The summed E-state index contributed by atoms with van der Waals surface area (Å²) in [5, 5.41) is 23.0. The van der Waals surface area contributed by atoms with Crippen molar-refractivity contribution >= 4 is 27.8 Å². The van der Waals surface area contributed by atoms with Crippen LogP contribution in [0.5, 0.6) is 0 Å². The lowest BCUT2D eigenvalue weighted by Crippen LogP contribution is -2.62. The fraction of sp³-hybridized carbons (Fsp3) is 0.300. The number of aliphatic imine (C=N–C) groups is 1. The molecule has 3 aromatic carbocycles. The predicted octanol–water partition coefficient (Wildman–Crippen LogP) is 3.97. The number of carbonyl (C=O) groups is 2. The van der Waals surface area contributed by atoms with Gasteiger partial charge < -0.3 is 15.5 Å². The number of amidine groups is 1. The van der Waals surface area contributed by atoms with Gasteiger partial charge in [-0.05, 0) is 54.7 Å². The number of aliphatic carboxylic acids is 1. The molecule has 5 rings (SSSR count). The van der Waals surface area contributed by atoms with Gasteiger partial charge in [-0.1, -0.05) is 60.2 Å². The first kappa shape index (κ1) is 27.5. The van der Waals surface area contributed by atoms with Gasteiger partial charge in [0.25, 0.3) is 0 Å². The number of benzene rings is 3. The van der Waals surface area contributed by atoms with Gasteiger partial charge in [-0.25, -0.2) is 18.0 Å². The maximum Gasteiger partial charge on any atom is 0.336 e. The fourth-order valence-electron chi connectivity index (χ4n) is 5.49. The van der Waals surface area contributed by atoms with Crippen LogP contribution in [0.1, 0.15) is 40.7 Å². The molecule has 1 unspecified atom stereocenters. The molecule has 0 bridgehead atoms. The Kier molecular flexibility index (Phi) is 7.48. The molecule has 2 atom stereocenters. The largest absolute Gasteiger partial charge is 0.479 e. The van der Waals surface area contributed by atoms with Crippen molar-refractivity contribution in [2.75, 3.05) is 13.1 Å². The average molecular weight is 562 g/mol. The topological polar surface area (TPSA) is 136 Å². The molecule has 9 nitrogen and oxygen atoms in total. The molecule has 2 aliphatic heterocycles. The van der Waals surface area contributed by atoms with Crippen molar-refractivity contribution in [1.29, 1.82) is 0 Å². The van der Waals surface area contributed by atoms with Gasteiger partial charge in [0.1, 0.15) is 11.4 Å². The number of aryl methyl sites for hydroxylation is 1. The van der Waals surface area contributed by atoms with E-state index in [4.69, 9.17) is 0 Å². The first-order valence-electron chi connectivity index (χ1n) is 13.2. The van der Waals surface area contributed by atoms with Crippen molar-refractivity contribution in [3.8, 4) is 11.1 Å². The Morgan fingerprint density at radius 2 is 1.73 bits per heavy atom. The van der Waals surface area contributed by atoms with Crippen molar-refractivity contribution in [3.05, 3.63) is 89.5 Å². The summed E-state index contributed by atoms with van der Waals surface area (Å²) >= 11 is 0. The van der Waals surface area contributed by atoms with Crippen molar-refractivity contribution < 1.29 is 28.2 Å². The van der Waals surface area contributed by atoms with Crippen LogP contribution in [-0.2, 0) is 21.2 Å². The normalized spacial score (nSPS) is 21.4. The summed E-state index contributed by atoms with van der Waals surface area (Å²) in [6.07, 6.45) is 1.59. The zero-order chi connectivity index (χ0) is 28.5. The highest BCUT2D eigenvalue weighted by atomic mass is 32.2. The van der Waals surface area contributed by atoms with Gasteiger partial charge in [0.05, 0.1) is 16.5 Å². The van der Waals surface area contributed by atoms with E-state index in [0.29, 0.717) is 36.3 Å². The summed E-state index contributed by atoms with van der Waals surface area (Å²) in [5.41, 5.74) is 1.83. The number of nitrogens with zero attached hydrogens (tertiary/aromatic N) is 2. The van der Waals surface area contributed by atoms with Gasteiger partial charge in [-0.3, -0.25) is 4.99 Å². The van der Waals surface area contributed by atoms with Crippen LogP contribution in [0.4, 0.5) is 0 Å². The monoisotopic (exact) mass is 561 g/mol. The van der Waals surface area contributed by atoms with Gasteiger partial charge >= 0.3 is 11.9 Å². The Balaban J connectivity index is 1.38.